The second-order valence-corrected chi connectivity index (χ2v) is 4.73. The van der Waals surface area contributed by atoms with Gasteiger partial charge in [-0.05, 0) is 36.4 Å². The first-order valence-electron chi connectivity index (χ1n) is 6.66. The van der Waals surface area contributed by atoms with Gasteiger partial charge in [-0.3, -0.25) is 9.59 Å². The Hall–Kier alpha value is -2.77. The summed E-state index contributed by atoms with van der Waals surface area (Å²) in [5, 5.41) is 28.4. The van der Waals surface area contributed by atoms with Gasteiger partial charge in [0.05, 0.1) is 6.54 Å². The summed E-state index contributed by atoms with van der Waals surface area (Å²) in [6, 6.07) is 7.64. The molecule has 0 radical (unpaired) electrons. The van der Waals surface area contributed by atoms with Gasteiger partial charge in [0.2, 0.25) is 0 Å². The number of hydrogen-bond donors (Lipinski definition) is 4. The quantitative estimate of drug-likeness (QED) is 0.458. The van der Waals surface area contributed by atoms with Crippen LogP contribution in [0.25, 0.3) is 0 Å². The standard InChI is InChI=1S/C16H15NO6.ClH/c17-7-14(21)9-2-4-16(13(20)6-9)23-8-15(22)10-1-3-11(18)12(19)5-10;/h1-6,18-20H,7-8,17H2;1H. The summed E-state index contributed by atoms with van der Waals surface area (Å²) in [7, 11) is 0. The molecular formula is C16H16ClNO6. The van der Waals surface area contributed by atoms with Crippen LogP contribution in [0.3, 0.4) is 0 Å². The van der Waals surface area contributed by atoms with Gasteiger partial charge in [-0.15, -0.1) is 12.4 Å². The Morgan fingerprint density at radius 1 is 0.875 bits per heavy atom. The van der Waals surface area contributed by atoms with E-state index in [2.05, 4.69) is 0 Å². The molecule has 0 bridgehead atoms. The van der Waals surface area contributed by atoms with Gasteiger partial charge in [0.1, 0.15) is 0 Å². The number of hydrogen-bond acceptors (Lipinski definition) is 7. The number of Topliss-reactive ketones (excluding diaryl/α,β-unsaturated/α-hetero) is 2. The highest BCUT2D eigenvalue weighted by atomic mass is 35.5. The summed E-state index contributed by atoms with van der Waals surface area (Å²) in [4.78, 5) is 23.4. The summed E-state index contributed by atoms with van der Waals surface area (Å²) >= 11 is 0. The molecule has 24 heavy (non-hydrogen) atoms. The van der Waals surface area contributed by atoms with Crippen molar-refractivity contribution >= 4 is 24.0 Å². The van der Waals surface area contributed by atoms with Crippen LogP contribution in [-0.4, -0.2) is 40.0 Å². The van der Waals surface area contributed by atoms with Crippen molar-refractivity contribution in [3.05, 3.63) is 47.5 Å². The van der Waals surface area contributed by atoms with Gasteiger partial charge in [0.25, 0.3) is 0 Å². The van der Waals surface area contributed by atoms with Crippen molar-refractivity contribution in [2.75, 3.05) is 13.2 Å². The zero-order valence-electron chi connectivity index (χ0n) is 12.4. The number of rotatable bonds is 6. The number of benzene rings is 2. The molecule has 128 valence electrons. The van der Waals surface area contributed by atoms with Gasteiger partial charge in [-0.2, -0.15) is 0 Å². The van der Waals surface area contributed by atoms with Crippen LogP contribution in [0.1, 0.15) is 20.7 Å². The summed E-state index contributed by atoms with van der Waals surface area (Å²) < 4.78 is 5.21. The normalized spacial score (nSPS) is 9.88. The fourth-order valence-corrected chi connectivity index (χ4v) is 1.85. The number of nitrogens with two attached hydrogens (primary N) is 1. The van der Waals surface area contributed by atoms with Crippen molar-refractivity contribution < 1.29 is 29.6 Å². The van der Waals surface area contributed by atoms with Crippen LogP contribution in [-0.2, 0) is 0 Å². The molecule has 2 aromatic rings. The van der Waals surface area contributed by atoms with Gasteiger partial charge in [-0.25, -0.2) is 0 Å². The number of ketones is 2. The SMILES string of the molecule is Cl.NCC(=O)c1ccc(OCC(=O)c2ccc(O)c(O)c2)c(O)c1. The zero-order chi connectivity index (χ0) is 17.0. The molecule has 0 aliphatic heterocycles. The molecule has 2 aromatic carbocycles. The van der Waals surface area contributed by atoms with E-state index in [0.717, 1.165) is 6.07 Å². The molecule has 2 rings (SSSR count). The third-order valence-corrected chi connectivity index (χ3v) is 3.12. The van der Waals surface area contributed by atoms with E-state index < -0.39 is 11.5 Å². The minimum absolute atomic E-state index is 0. The van der Waals surface area contributed by atoms with Crippen molar-refractivity contribution in [2.45, 2.75) is 0 Å². The van der Waals surface area contributed by atoms with E-state index in [0.29, 0.717) is 0 Å². The topological polar surface area (TPSA) is 130 Å². The summed E-state index contributed by atoms with van der Waals surface area (Å²) in [5.74, 6) is -1.78. The Balaban J connectivity index is 0.00000288. The molecule has 0 saturated carbocycles. The van der Waals surface area contributed by atoms with Crippen molar-refractivity contribution in [1.82, 2.24) is 0 Å². The van der Waals surface area contributed by atoms with Gasteiger partial charge in [0, 0.05) is 11.1 Å². The fraction of sp³-hybridized carbons (Fsp3) is 0.125. The highest BCUT2D eigenvalue weighted by molar-refractivity contribution is 5.98. The second-order valence-electron chi connectivity index (χ2n) is 4.73. The molecule has 0 heterocycles. The number of phenolic OH excluding ortho intramolecular Hbond substituents is 3. The summed E-state index contributed by atoms with van der Waals surface area (Å²) in [6.45, 7) is -0.565. The number of carbonyl (C=O) groups excluding carboxylic acids is 2. The Bertz CT molecular complexity index is 762. The van der Waals surface area contributed by atoms with Crippen molar-refractivity contribution in [3.8, 4) is 23.0 Å². The van der Waals surface area contributed by atoms with Crippen LogP contribution in [0, 0.1) is 0 Å². The largest absolute Gasteiger partial charge is 0.504 e. The minimum Gasteiger partial charge on any atom is -0.504 e. The van der Waals surface area contributed by atoms with E-state index in [1.54, 1.807) is 0 Å². The van der Waals surface area contributed by atoms with Crippen molar-refractivity contribution in [2.24, 2.45) is 5.73 Å². The first-order chi connectivity index (χ1) is 10.9. The third-order valence-electron chi connectivity index (χ3n) is 3.12. The van der Waals surface area contributed by atoms with Gasteiger partial charge >= 0.3 is 0 Å². The van der Waals surface area contributed by atoms with Crippen LogP contribution in [0.4, 0.5) is 0 Å². The Morgan fingerprint density at radius 2 is 1.46 bits per heavy atom. The highest BCUT2D eigenvalue weighted by Crippen LogP contribution is 2.28. The lowest BCUT2D eigenvalue weighted by atomic mass is 10.1. The Labute approximate surface area is 143 Å². The maximum Gasteiger partial charge on any atom is 0.200 e. The maximum atomic E-state index is 11.9. The van der Waals surface area contributed by atoms with E-state index in [4.69, 9.17) is 10.5 Å². The van der Waals surface area contributed by atoms with E-state index in [1.165, 1.54) is 30.3 Å². The van der Waals surface area contributed by atoms with Gasteiger partial charge < -0.3 is 25.8 Å². The smallest absolute Gasteiger partial charge is 0.200 e. The molecule has 8 heteroatoms. The Morgan fingerprint density at radius 3 is 2.04 bits per heavy atom. The predicted octanol–water partition coefficient (Wildman–Crippen LogP) is 1.63. The average Bonchev–Trinajstić information content (AvgIpc) is 2.55. The lowest BCUT2D eigenvalue weighted by molar-refractivity contribution is 0.0918. The molecule has 0 aromatic heterocycles. The van der Waals surface area contributed by atoms with Crippen LogP contribution in [0.15, 0.2) is 36.4 Å². The summed E-state index contributed by atoms with van der Waals surface area (Å²) in [5.41, 5.74) is 5.62. The molecule has 0 saturated heterocycles. The number of phenols is 3. The summed E-state index contributed by atoms with van der Waals surface area (Å²) in [6.07, 6.45) is 0. The van der Waals surface area contributed by atoms with E-state index >= 15 is 0 Å². The van der Waals surface area contributed by atoms with Crippen molar-refractivity contribution in [3.63, 3.8) is 0 Å². The molecule has 7 nitrogen and oxygen atoms in total. The molecular weight excluding hydrogens is 338 g/mol. The second kappa shape index (κ2) is 8.19. The number of halogens is 1. The minimum atomic E-state index is -0.457. The van der Waals surface area contributed by atoms with Crippen molar-refractivity contribution in [1.29, 1.82) is 0 Å². The highest BCUT2D eigenvalue weighted by Gasteiger charge is 2.13. The van der Waals surface area contributed by atoms with E-state index in [-0.39, 0.29) is 59.7 Å². The number of carbonyl (C=O) groups is 2. The number of ether oxygens (including phenoxy) is 1. The van der Waals surface area contributed by atoms with E-state index in [1.807, 2.05) is 0 Å². The molecule has 0 spiro atoms. The first kappa shape index (κ1) is 19.3. The molecule has 0 atom stereocenters. The molecule has 0 aliphatic rings. The predicted molar refractivity (Wildman–Crippen MR) is 88.3 cm³/mol. The van der Waals surface area contributed by atoms with Crippen LogP contribution in [0.2, 0.25) is 0 Å². The third kappa shape index (κ3) is 4.37. The van der Waals surface area contributed by atoms with Gasteiger partial charge in [0.15, 0.2) is 41.2 Å². The molecule has 0 unspecified atom stereocenters. The molecule has 0 fully saturated rings. The van der Waals surface area contributed by atoms with Crippen LogP contribution < -0.4 is 10.5 Å². The number of aromatic hydroxyl groups is 3. The molecule has 5 N–H and O–H groups in total. The monoisotopic (exact) mass is 353 g/mol. The molecule has 0 amide bonds. The Kier molecular flexibility index (Phi) is 6.58. The van der Waals surface area contributed by atoms with E-state index in [9.17, 15) is 24.9 Å². The first-order valence-corrected chi connectivity index (χ1v) is 6.66. The lowest BCUT2D eigenvalue weighted by Gasteiger charge is -2.09. The average molecular weight is 354 g/mol. The van der Waals surface area contributed by atoms with Crippen LogP contribution >= 0.6 is 12.4 Å². The lowest BCUT2D eigenvalue weighted by Crippen LogP contribution is -2.14. The maximum absolute atomic E-state index is 11.9. The molecule has 0 aliphatic carbocycles. The van der Waals surface area contributed by atoms with Gasteiger partial charge in [-0.1, -0.05) is 0 Å². The van der Waals surface area contributed by atoms with Crippen LogP contribution in [0.5, 0.6) is 23.0 Å². The zero-order valence-corrected chi connectivity index (χ0v) is 13.2. The fourth-order valence-electron chi connectivity index (χ4n) is 1.85.